The first kappa shape index (κ1) is 17.2. The van der Waals surface area contributed by atoms with Crippen LogP contribution < -0.4 is 10.9 Å². The maximum Gasteiger partial charge on any atom is 0.261 e. The summed E-state index contributed by atoms with van der Waals surface area (Å²) in [5.74, 6) is -0.675. The first-order chi connectivity index (χ1) is 12.9. The highest BCUT2D eigenvalue weighted by Crippen LogP contribution is 2.21. The average molecular weight is 386 g/mol. The second kappa shape index (κ2) is 6.48. The third kappa shape index (κ3) is 3.15. The summed E-state index contributed by atoms with van der Waals surface area (Å²) in [5, 5.41) is 3.32. The van der Waals surface area contributed by atoms with E-state index in [-0.39, 0.29) is 11.9 Å². The molecule has 0 radical (unpaired) electrons. The van der Waals surface area contributed by atoms with Gasteiger partial charge in [-0.2, -0.15) is 0 Å². The molecule has 1 amide bonds. The number of imidazole rings is 1. The van der Waals surface area contributed by atoms with E-state index in [9.17, 15) is 14.0 Å². The molecule has 0 fully saturated rings. The van der Waals surface area contributed by atoms with Crippen molar-refractivity contribution in [3.8, 4) is 0 Å². The van der Waals surface area contributed by atoms with Gasteiger partial charge in [0, 0.05) is 12.1 Å². The van der Waals surface area contributed by atoms with Crippen LogP contribution in [0.2, 0.25) is 5.02 Å². The van der Waals surface area contributed by atoms with Crippen LogP contribution in [0.1, 0.15) is 0 Å². The van der Waals surface area contributed by atoms with E-state index in [2.05, 4.69) is 15.3 Å². The van der Waals surface area contributed by atoms with Gasteiger partial charge in [0.2, 0.25) is 11.9 Å². The quantitative estimate of drug-likeness (QED) is 0.588. The lowest BCUT2D eigenvalue weighted by atomic mass is 10.2. The summed E-state index contributed by atoms with van der Waals surface area (Å²) in [6.07, 6.45) is 1.26. The molecule has 4 aromatic rings. The van der Waals surface area contributed by atoms with Crippen LogP contribution in [0.25, 0.3) is 21.9 Å². The molecular formula is C18H13ClFN5O2. The van der Waals surface area contributed by atoms with Gasteiger partial charge in [0.1, 0.15) is 12.4 Å². The van der Waals surface area contributed by atoms with Crippen LogP contribution >= 0.6 is 11.6 Å². The second-order valence-electron chi connectivity index (χ2n) is 6.01. The summed E-state index contributed by atoms with van der Waals surface area (Å²) in [6.45, 7) is -0.276. The number of anilines is 1. The monoisotopic (exact) mass is 385 g/mol. The highest BCUT2D eigenvalue weighted by molar-refractivity contribution is 6.31. The third-order valence-electron chi connectivity index (χ3n) is 4.19. The van der Waals surface area contributed by atoms with Gasteiger partial charge >= 0.3 is 0 Å². The Hall–Kier alpha value is -3.26. The Kier molecular flexibility index (Phi) is 4.12. The average Bonchev–Trinajstić information content (AvgIpc) is 2.92. The number of rotatable bonds is 3. The molecule has 136 valence electrons. The number of hydrogen-bond donors (Lipinski definition) is 1. The summed E-state index contributed by atoms with van der Waals surface area (Å²) >= 11 is 5.96. The molecule has 2 aromatic heterocycles. The molecule has 0 saturated carbocycles. The lowest BCUT2D eigenvalue weighted by Gasteiger charge is -2.08. The number of carbonyl (C=O) groups excluding carboxylic acids is 1. The molecule has 4 rings (SSSR count). The summed E-state index contributed by atoms with van der Waals surface area (Å²) in [5.41, 5.74) is 1.31. The van der Waals surface area contributed by atoms with Crippen molar-refractivity contribution in [3.05, 3.63) is 63.9 Å². The number of carbonyl (C=O) groups is 1. The van der Waals surface area contributed by atoms with E-state index in [4.69, 9.17) is 11.6 Å². The number of aryl methyl sites for hydroxylation is 1. The molecule has 0 bridgehead atoms. The molecule has 0 aliphatic heterocycles. The topological polar surface area (TPSA) is 81.8 Å². The SMILES string of the molecule is Cn1c(NC(=O)Cn2cnc3ccc(F)cc3c2=O)nc2cc(Cl)ccc21. The predicted molar refractivity (Wildman–Crippen MR) is 100 cm³/mol. The Morgan fingerprint density at radius 3 is 2.85 bits per heavy atom. The summed E-state index contributed by atoms with van der Waals surface area (Å²) in [6, 6.07) is 8.97. The zero-order valence-electron chi connectivity index (χ0n) is 14.1. The minimum Gasteiger partial charge on any atom is -0.313 e. The molecule has 2 aromatic carbocycles. The molecular weight excluding hydrogens is 373 g/mol. The van der Waals surface area contributed by atoms with Crippen LogP contribution in [0.3, 0.4) is 0 Å². The fraction of sp³-hybridized carbons (Fsp3) is 0.111. The molecule has 0 saturated heterocycles. The Balaban J connectivity index is 1.62. The Morgan fingerprint density at radius 1 is 1.22 bits per heavy atom. The van der Waals surface area contributed by atoms with E-state index in [1.165, 1.54) is 18.5 Å². The minimum atomic E-state index is -0.540. The first-order valence-electron chi connectivity index (χ1n) is 7.99. The van der Waals surface area contributed by atoms with E-state index < -0.39 is 17.3 Å². The maximum atomic E-state index is 13.4. The minimum absolute atomic E-state index is 0.114. The fourth-order valence-corrected chi connectivity index (χ4v) is 3.01. The number of hydrogen-bond acceptors (Lipinski definition) is 4. The van der Waals surface area contributed by atoms with Crippen molar-refractivity contribution in [3.63, 3.8) is 0 Å². The normalized spacial score (nSPS) is 11.2. The van der Waals surface area contributed by atoms with E-state index >= 15 is 0 Å². The molecule has 9 heteroatoms. The van der Waals surface area contributed by atoms with Crippen LogP contribution in [-0.2, 0) is 18.4 Å². The van der Waals surface area contributed by atoms with Crippen molar-refractivity contribution in [2.75, 3.05) is 5.32 Å². The number of halogens is 2. The van der Waals surface area contributed by atoms with Gasteiger partial charge in [0.15, 0.2) is 0 Å². The Labute approximate surface area is 157 Å². The van der Waals surface area contributed by atoms with Crippen molar-refractivity contribution >= 4 is 45.4 Å². The molecule has 0 aliphatic rings. The number of nitrogens with zero attached hydrogens (tertiary/aromatic N) is 4. The van der Waals surface area contributed by atoms with Gasteiger partial charge in [-0.25, -0.2) is 14.4 Å². The van der Waals surface area contributed by atoms with Crippen molar-refractivity contribution in [2.24, 2.45) is 7.05 Å². The van der Waals surface area contributed by atoms with Crippen LogP contribution in [-0.4, -0.2) is 25.0 Å². The highest BCUT2D eigenvalue weighted by Gasteiger charge is 2.13. The number of amides is 1. The molecule has 0 aliphatic carbocycles. The number of aromatic nitrogens is 4. The van der Waals surface area contributed by atoms with Crippen LogP contribution in [0.5, 0.6) is 0 Å². The molecule has 0 spiro atoms. The lowest BCUT2D eigenvalue weighted by Crippen LogP contribution is -2.28. The highest BCUT2D eigenvalue weighted by atomic mass is 35.5. The van der Waals surface area contributed by atoms with Crippen molar-refractivity contribution in [2.45, 2.75) is 6.54 Å². The molecule has 27 heavy (non-hydrogen) atoms. The Morgan fingerprint density at radius 2 is 2.04 bits per heavy atom. The van der Waals surface area contributed by atoms with E-state index in [1.807, 2.05) is 0 Å². The van der Waals surface area contributed by atoms with Gasteiger partial charge in [-0.1, -0.05) is 11.6 Å². The number of fused-ring (bicyclic) bond motifs is 2. The van der Waals surface area contributed by atoms with Crippen LogP contribution in [0.4, 0.5) is 10.3 Å². The van der Waals surface area contributed by atoms with Crippen molar-refractivity contribution < 1.29 is 9.18 Å². The molecule has 7 nitrogen and oxygen atoms in total. The second-order valence-corrected chi connectivity index (χ2v) is 6.45. The van der Waals surface area contributed by atoms with E-state index in [0.717, 1.165) is 16.2 Å². The Bertz CT molecular complexity index is 1260. The van der Waals surface area contributed by atoms with Gasteiger partial charge in [-0.3, -0.25) is 19.5 Å². The zero-order chi connectivity index (χ0) is 19.1. The summed E-state index contributed by atoms with van der Waals surface area (Å²) in [4.78, 5) is 33.3. The maximum absolute atomic E-state index is 13.4. The molecule has 2 heterocycles. The van der Waals surface area contributed by atoms with E-state index in [0.29, 0.717) is 22.0 Å². The van der Waals surface area contributed by atoms with Crippen molar-refractivity contribution in [1.29, 1.82) is 0 Å². The van der Waals surface area contributed by atoms with Crippen LogP contribution in [0, 0.1) is 5.82 Å². The third-order valence-corrected chi connectivity index (χ3v) is 4.43. The summed E-state index contributed by atoms with van der Waals surface area (Å²) in [7, 11) is 1.76. The van der Waals surface area contributed by atoms with Gasteiger partial charge in [0.25, 0.3) is 5.56 Å². The summed E-state index contributed by atoms with van der Waals surface area (Å²) < 4.78 is 16.2. The van der Waals surface area contributed by atoms with E-state index in [1.54, 1.807) is 29.8 Å². The molecule has 1 N–H and O–H groups in total. The predicted octanol–water partition coefficient (Wildman–Crippen LogP) is 2.71. The molecule has 0 unspecified atom stereocenters. The van der Waals surface area contributed by atoms with Crippen molar-refractivity contribution in [1.82, 2.24) is 19.1 Å². The number of nitrogens with one attached hydrogen (secondary N) is 1. The smallest absolute Gasteiger partial charge is 0.261 e. The number of benzene rings is 2. The van der Waals surface area contributed by atoms with Gasteiger partial charge in [-0.05, 0) is 36.4 Å². The largest absolute Gasteiger partial charge is 0.313 e. The zero-order valence-corrected chi connectivity index (χ0v) is 14.9. The standard InChI is InChI=1S/C18H13ClFN5O2/c1-24-15-5-2-10(19)6-14(15)22-18(24)23-16(26)8-25-9-21-13-4-3-11(20)7-12(13)17(25)27/h2-7,9H,8H2,1H3,(H,22,23,26). The lowest BCUT2D eigenvalue weighted by molar-refractivity contribution is -0.116. The first-order valence-corrected chi connectivity index (χ1v) is 8.37. The fourth-order valence-electron chi connectivity index (χ4n) is 2.85. The van der Waals surface area contributed by atoms with Gasteiger partial charge in [-0.15, -0.1) is 0 Å². The molecule has 0 atom stereocenters. The van der Waals surface area contributed by atoms with Gasteiger partial charge in [0.05, 0.1) is 28.3 Å². The van der Waals surface area contributed by atoms with Crippen LogP contribution in [0.15, 0.2) is 47.5 Å². The van der Waals surface area contributed by atoms with Gasteiger partial charge < -0.3 is 4.57 Å².